The standard InChI is InChI=1S/C11H19N3O4S/c1-10-8-14(3-2-6-18-10)19(16,17)11-7-12-13(9-11)4-5-15/h7,9-10,15H,2-6,8H2,1H3. The average Bonchev–Trinajstić information content (AvgIpc) is 2.72. The molecule has 108 valence electrons. The average molecular weight is 289 g/mol. The van der Waals surface area contributed by atoms with Crippen molar-refractivity contribution in [1.29, 1.82) is 0 Å². The second kappa shape index (κ2) is 6.00. The lowest BCUT2D eigenvalue weighted by molar-refractivity contribution is 0.0752. The zero-order valence-electron chi connectivity index (χ0n) is 10.9. The number of hydrogen-bond donors (Lipinski definition) is 1. The second-order valence-electron chi connectivity index (χ2n) is 4.56. The van der Waals surface area contributed by atoms with E-state index in [1.807, 2.05) is 6.92 Å². The molecule has 1 aliphatic heterocycles. The molecule has 2 rings (SSSR count). The van der Waals surface area contributed by atoms with E-state index in [-0.39, 0.29) is 24.2 Å². The number of aliphatic hydroxyl groups is 1. The third-order valence-corrected chi connectivity index (χ3v) is 4.81. The van der Waals surface area contributed by atoms with E-state index >= 15 is 0 Å². The number of aromatic nitrogens is 2. The first-order chi connectivity index (χ1) is 9.04. The van der Waals surface area contributed by atoms with Gasteiger partial charge in [-0.3, -0.25) is 4.68 Å². The molecule has 0 bridgehead atoms. The zero-order valence-corrected chi connectivity index (χ0v) is 11.7. The molecule has 19 heavy (non-hydrogen) atoms. The lowest BCUT2D eigenvalue weighted by atomic mass is 10.4. The van der Waals surface area contributed by atoms with Crippen LogP contribution < -0.4 is 0 Å². The van der Waals surface area contributed by atoms with E-state index in [4.69, 9.17) is 9.84 Å². The number of sulfonamides is 1. The topological polar surface area (TPSA) is 84.7 Å². The van der Waals surface area contributed by atoms with E-state index in [0.29, 0.717) is 26.1 Å². The molecule has 1 saturated heterocycles. The molecule has 8 heteroatoms. The molecule has 7 nitrogen and oxygen atoms in total. The Balaban J connectivity index is 2.19. The van der Waals surface area contributed by atoms with E-state index < -0.39 is 10.0 Å². The Bertz CT molecular complexity index is 514. The van der Waals surface area contributed by atoms with Gasteiger partial charge in [0.25, 0.3) is 0 Å². The summed E-state index contributed by atoms with van der Waals surface area (Å²) in [6.07, 6.45) is 3.35. The van der Waals surface area contributed by atoms with Crippen molar-refractivity contribution >= 4 is 10.0 Å². The molecule has 1 N–H and O–H groups in total. The Morgan fingerprint density at radius 1 is 1.58 bits per heavy atom. The first kappa shape index (κ1) is 14.4. The summed E-state index contributed by atoms with van der Waals surface area (Å²) in [5.41, 5.74) is 0. The van der Waals surface area contributed by atoms with Crippen molar-refractivity contribution in [2.24, 2.45) is 0 Å². The fraction of sp³-hybridized carbons (Fsp3) is 0.727. The molecular formula is C11H19N3O4S. The lowest BCUT2D eigenvalue weighted by Crippen LogP contribution is -2.35. The maximum atomic E-state index is 12.5. The quantitative estimate of drug-likeness (QED) is 0.821. The van der Waals surface area contributed by atoms with E-state index in [1.165, 1.54) is 21.4 Å². The van der Waals surface area contributed by atoms with Crippen molar-refractivity contribution in [3.05, 3.63) is 12.4 Å². The number of nitrogens with zero attached hydrogens (tertiary/aromatic N) is 3. The largest absolute Gasteiger partial charge is 0.394 e. The van der Waals surface area contributed by atoms with Crippen LogP contribution in [0.2, 0.25) is 0 Å². The summed E-state index contributed by atoms with van der Waals surface area (Å²) in [5, 5.41) is 12.7. The fourth-order valence-corrected chi connectivity index (χ4v) is 3.54. The van der Waals surface area contributed by atoms with E-state index in [1.54, 1.807) is 0 Å². The van der Waals surface area contributed by atoms with Gasteiger partial charge in [-0.25, -0.2) is 8.42 Å². The van der Waals surface area contributed by atoms with E-state index in [0.717, 1.165) is 0 Å². The van der Waals surface area contributed by atoms with Crippen LogP contribution in [0.5, 0.6) is 0 Å². The van der Waals surface area contributed by atoms with Crippen molar-refractivity contribution in [2.45, 2.75) is 30.9 Å². The smallest absolute Gasteiger partial charge is 0.246 e. The highest BCUT2D eigenvalue weighted by Crippen LogP contribution is 2.18. The zero-order chi connectivity index (χ0) is 13.9. The predicted molar refractivity (Wildman–Crippen MR) is 68.1 cm³/mol. The van der Waals surface area contributed by atoms with Crippen LogP contribution in [0.3, 0.4) is 0 Å². The Morgan fingerprint density at radius 3 is 3.11 bits per heavy atom. The van der Waals surface area contributed by atoms with Crippen LogP contribution in [0.4, 0.5) is 0 Å². The Morgan fingerprint density at radius 2 is 2.37 bits per heavy atom. The van der Waals surface area contributed by atoms with E-state index in [2.05, 4.69) is 5.10 Å². The summed E-state index contributed by atoms with van der Waals surface area (Å²) < 4.78 is 33.2. The Labute approximate surface area is 112 Å². The van der Waals surface area contributed by atoms with Crippen molar-refractivity contribution in [3.63, 3.8) is 0 Å². The van der Waals surface area contributed by atoms with Gasteiger partial charge in [-0.1, -0.05) is 0 Å². The third kappa shape index (κ3) is 3.33. The van der Waals surface area contributed by atoms with E-state index in [9.17, 15) is 8.42 Å². The van der Waals surface area contributed by atoms with Crippen LogP contribution in [0, 0.1) is 0 Å². The summed E-state index contributed by atoms with van der Waals surface area (Å²) in [7, 11) is -3.53. The number of ether oxygens (including phenoxy) is 1. The van der Waals surface area contributed by atoms with Gasteiger partial charge in [-0.05, 0) is 13.3 Å². The molecule has 1 atom stereocenters. The lowest BCUT2D eigenvalue weighted by Gasteiger charge is -2.20. The Kier molecular flexibility index (Phi) is 4.56. The van der Waals surface area contributed by atoms with Crippen LogP contribution in [0.25, 0.3) is 0 Å². The van der Waals surface area contributed by atoms with Crippen LogP contribution >= 0.6 is 0 Å². The second-order valence-corrected chi connectivity index (χ2v) is 6.50. The summed E-state index contributed by atoms with van der Waals surface area (Å²) in [6.45, 7) is 3.47. The predicted octanol–water partition coefficient (Wildman–Crippen LogP) is -0.325. The molecular weight excluding hydrogens is 270 g/mol. The molecule has 1 aromatic rings. The molecule has 1 aliphatic rings. The Hall–Kier alpha value is -0.960. The molecule has 0 saturated carbocycles. The third-order valence-electron chi connectivity index (χ3n) is 2.99. The SMILES string of the molecule is CC1CN(S(=O)(=O)c2cnn(CCO)c2)CCCO1. The molecule has 2 heterocycles. The van der Waals surface area contributed by atoms with Gasteiger partial charge >= 0.3 is 0 Å². The summed E-state index contributed by atoms with van der Waals surface area (Å²) in [6, 6.07) is 0. The summed E-state index contributed by atoms with van der Waals surface area (Å²) in [4.78, 5) is 0.162. The molecule has 1 unspecified atom stereocenters. The first-order valence-electron chi connectivity index (χ1n) is 6.29. The summed E-state index contributed by atoms with van der Waals surface area (Å²) >= 11 is 0. The number of aliphatic hydroxyl groups excluding tert-OH is 1. The first-order valence-corrected chi connectivity index (χ1v) is 7.73. The summed E-state index contributed by atoms with van der Waals surface area (Å²) in [5.74, 6) is 0. The van der Waals surface area contributed by atoms with Gasteiger partial charge in [0.1, 0.15) is 4.90 Å². The van der Waals surface area contributed by atoms with Crippen molar-refractivity contribution < 1.29 is 18.3 Å². The van der Waals surface area contributed by atoms with Gasteiger partial charge in [-0.2, -0.15) is 9.40 Å². The maximum absolute atomic E-state index is 12.5. The maximum Gasteiger partial charge on any atom is 0.246 e. The van der Waals surface area contributed by atoms with Gasteiger partial charge in [0, 0.05) is 25.9 Å². The highest BCUT2D eigenvalue weighted by molar-refractivity contribution is 7.89. The van der Waals surface area contributed by atoms with Crippen LogP contribution in [0.15, 0.2) is 17.3 Å². The van der Waals surface area contributed by atoms with Gasteiger partial charge in [-0.15, -0.1) is 0 Å². The minimum absolute atomic E-state index is 0.0737. The van der Waals surface area contributed by atoms with Gasteiger partial charge in [0.05, 0.1) is 25.5 Å². The van der Waals surface area contributed by atoms with Gasteiger partial charge < -0.3 is 9.84 Å². The molecule has 0 radical (unpaired) electrons. The minimum atomic E-state index is -3.53. The molecule has 0 aliphatic carbocycles. The van der Waals surface area contributed by atoms with Crippen LogP contribution in [-0.2, 0) is 21.3 Å². The highest BCUT2D eigenvalue weighted by Gasteiger charge is 2.28. The molecule has 0 aromatic carbocycles. The van der Waals surface area contributed by atoms with Crippen LogP contribution in [0.1, 0.15) is 13.3 Å². The fourth-order valence-electron chi connectivity index (χ4n) is 2.03. The molecule has 1 fully saturated rings. The normalized spacial score (nSPS) is 22.3. The highest BCUT2D eigenvalue weighted by atomic mass is 32.2. The van der Waals surface area contributed by atoms with Crippen molar-refractivity contribution in [2.75, 3.05) is 26.3 Å². The van der Waals surface area contributed by atoms with Gasteiger partial charge in [0.15, 0.2) is 0 Å². The minimum Gasteiger partial charge on any atom is -0.394 e. The number of rotatable bonds is 4. The van der Waals surface area contributed by atoms with Crippen molar-refractivity contribution in [1.82, 2.24) is 14.1 Å². The molecule has 0 amide bonds. The number of hydrogen-bond acceptors (Lipinski definition) is 5. The van der Waals surface area contributed by atoms with Crippen molar-refractivity contribution in [3.8, 4) is 0 Å². The molecule has 0 spiro atoms. The molecule has 1 aromatic heterocycles. The van der Waals surface area contributed by atoms with Gasteiger partial charge in [0.2, 0.25) is 10.0 Å². The van der Waals surface area contributed by atoms with Crippen LogP contribution in [-0.4, -0.2) is 60.0 Å². The monoisotopic (exact) mass is 289 g/mol.